The number of nitrogens with zero attached hydrogens (tertiary/aromatic N) is 1. The highest BCUT2D eigenvalue weighted by molar-refractivity contribution is 7.91. The highest BCUT2D eigenvalue weighted by Gasteiger charge is 2.42. The van der Waals surface area contributed by atoms with Crippen LogP contribution in [-0.2, 0) is 27.8 Å². The summed E-state index contributed by atoms with van der Waals surface area (Å²) in [6.07, 6.45) is 4.00. The van der Waals surface area contributed by atoms with Gasteiger partial charge >= 0.3 is 0 Å². The summed E-state index contributed by atoms with van der Waals surface area (Å²) in [4.78, 5) is 0. The molecule has 0 bridgehead atoms. The van der Waals surface area contributed by atoms with Crippen molar-refractivity contribution < 1.29 is 13.0 Å². The summed E-state index contributed by atoms with van der Waals surface area (Å²) in [5, 5.41) is 0.717. The molecule has 2 aromatic rings. The van der Waals surface area contributed by atoms with E-state index in [1.54, 1.807) is 3.97 Å². The Morgan fingerprint density at radius 2 is 1.88 bits per heavy atom. The van der Waals surface area contributed by atoms with Crippen molar-refractivity contribution in [1.82, 2.24) is 8.69 Å². The summed E-state index contributed by atoms with van der Waals surface area (Å²) in [6, 6.07) is 7.64. The zero-order valence-corrected chi connectivity index (χ0v) is 17.1. The molecular weight excluding hydrogens is 368 g/mol. The molecule has 2 aliphatic carbocycles. The van der Waals surface area contributed by atoms with Gasteiger partial charge in [0.25, 0.3) is 0 Å². The molecule has 1 N–H and O–H groups in total. The van der Waals surface area contributed by atoms with E-state index in [1.807, 2.05) is 45.0 Å². The van der Waals surface area contributed by atoms with Crippen molar-refractivity contribution in [3.05, 3.63) is 35.5 Å². The van der Waals surface area contributed by atoms with Crippen LogP contribution in [0.1, 0.15) is 63.8 Å². The zero-order chi connectivity index (χ0) is 18.7. The minimum Gasteiger partial charge on any atom is -0.598 e. The van der Waals surface area contributed by atoms with Gasteiger partial charge in [-0.2, -0.15) is 0 Å². The average molecular weight is 395 g/mol. The van der Waals surface area contributed by atoms with Crippen LogP contribution in [0.3, 0.4) is 0 Å². The van der Waals surface area contributed by atoms with Gasteiger partial charge in [0.1, 0.15) is 4.75 Å². The number of hydrogen-bond donors (Lipinski definition) is 1. The van der Waals surface area contributed by atoms with E-state index in [4.69, 9.17) is 0 Å². The lowest BCUT2D eigenvalue weighted by molar-refractivity contribution is 0.488. The normalized spacial score (nSPS) is 22.4. The van der Waals surface area contributed by atoms with E-state index < -0.39 is 21.4 Å². The smallest absolute Gasteiger partial charge is 0.242 e. The van der Waals surface area contributed by atoms with E-state index >= 15 is 0 Å². The molecule has 26 heavy (non-hydrogen) atoms. The lowest BCUT2D eigenvalue weighted by Gasteiger charge is -2.30. The largest absolute Gasteiger partial charge is 0.598 e. The fourth-order valence-corrected chi connectivity index (χ4v) is 6.57. The minimum absolute atomic E-state index is 0.0839. The molecule has 1 aromatic carbocycles. The van der Waals surface area contributed by atoms with Crippen molar-refractivity contribution in [2.24, 2.45) is 0 Å². The zero-order valence-electron chi connectivity index (χ0n) is 15.5. The first-order valence-electron chi connectivity index (χ1n) is 9.26. The van der Waals surface area contributed by atoms with Gasteiger partial charge in [-0.1, -0.05) is 18.2 Å². The number of fused-ring (bicyclic) bond motifs is 3. The monoisotopic (exact) mass is 394 g/mol. The van der Waals surface area contributed by atoms with Gasteiger partial charge < -0.3 is 4.55 Å². The molecule has 1 heterocycles. The van der Waals surface area contributed by atoms with Gasteiger partial charge in [-0.15, -0.1) is 4.72 Å². The number of nitrogens with one attached hydrogen (secondary N) is 1. The van der Waals surface area contributed by atoms with Gasteiger partial charge in [0, 0.05) is 28.0 Å². The number of benzene rings is 1. The second-order valence-corrected chi connectivity index (χ2v) is 12.4. The van der Waals surface area contributed by atoms with Gasteiger partial charge in [-0.05, 0) is 58.9 Å². The van der Waals surface area contributed by atoms with Crippen LogP contribution in [0.5, 0.6) is 0 Å². The molecule has 142 valence electrons. The van der Waals surface area contributed by atoms with Crippen molar-refractivity contribution in [1.29, 1.82) is 0 Å². The third-order valence-electron chi connectivity index (χ3n) is 5.23. The second-order valence-electron chi connectivity index (χ2n) is 8.33. The Labute approximate surface area is 158 Å². The Bertz CT molecular complexity index is 940. The minimum atomic E-state index is -3.36. The van der Waals surface area contributed by atoms with Crippen molar-refractivity contribution >= 4 is 32.3 Å². The Morgan fingerprint density at radius 1 is 1.19 bits per heavy atom. The highest BCUT2D eigenvalue weighted by Crippen LogP contribution is 2.42. The molecule has 2 aliphatic rings. The predicted molar refractivity (Wildman–Crippen MR) is 106 cm³/mol. The summed E-state index contributed by atoms with van der Waals surface area (Å²) >= 11 is -1.20. The predicted octanol–water partition coefficient (Wildman–Crippen LogP) is 3.41. The summed E-state index contributed by atoms with van der Waals surface area (Å²) in [5.41, 5.74) is 2.67. The average Bonchev–Trinajstić information content (AvgIpc) is 3.36. The van der Waals surface area contributed by atoms with Crippen molar-refractivity contribution in [2.45, 2.75) is 68.9 Å². The number of hydrogen-bond acceptors (Lipinski definition) is 4. The van der Waals surface area contributed by atoms with E-state index in [9.17, 15) is 13.0 Å². The van der Waals surface area contributed by atoms with E-state index in [0.29, 0.717) is 0 Å². The molecule has 7 heteroatoms. The van der Waals surface area contributed by atoms with Crippen LogP contribution in [-0.4, -0.2) is 26.9 Å². The summed E-state index contributed by atoms with van der Waals surface area (Å²) in [7, 11) is -3.36. The SMILES string of the molecule is CC(C)(C)[S+]([O-])N[C@@H]1CCCc2c1c1ccccc1n2S(=O)(=O)C1CC1. The molecular formula is C19H26N2O3S2. The third-order valence-corrected chi connectivity index (χ3v) is 9.08. The molecule has 1 aromatic heterocycles. The molecule has 4 rings (SSSR count). The van der Waals surface area contributed by atoms with Gasteiger partial charge in [0.05, 0.1) is 16.8 Å². The maximum absolute atomic E-state index is 13.1. The molecule has 1 unspecified atom stereocenters. The van der Waals surface area contributed by atoms with Crippen LogP contribution < -0.4 is 4.72 Å². The Hall–Kier alpha value is -1.02. The topological polar surface area (TPSA) is 74.2 Å². The number of aromatic nitrogens is 1. The van der Waals surface area contributed by atoms with Crippen LogP contribution in [0.4, 0.5) is 0 Å². The van der Waals surface area contributed by atoms with Crippen molar-refractivity contribution in [3.63, 3.8) is 0 Å². The standard InChI is InChI=1S/C19H26N2O3S2/c1-19(2,3)25(22)20-15-8-6-10-17-18(15)14-7-4-5-9-16(14)21(17)26(23,24)13-11-12-13/h4-5,7,9,13,15,20H,6,8,10-12H2,1-3H3/t15-,25?/m1/s1. The molecule has 5 nitrogen and oxygen atoms in total. The first-order valence-corrected chi connectivity index (χ1v) is 11.9. The molecule has 2 atom stereocenters. The number of rotatable bonds is 4. The summed E-state index contributed by atoms with van der Waals surface area (Å²) in [6.45, 7) is 5.84. The van der Waals surface area contributed by atoms with E-state index in [0.717, 1.165) is 54.3 Å². The Kier molecular flexibility index (Phi) is 4.42. The first-order chi connectivity index (χ1) is 12.2. The Balaban J connectivity index is 1.87. The lowest BCUT2D eigenvalue weighted by atomic mass is 9.91. The van der Waals surface area contributed by atoms with Crippen LogP contribution in [0.15, 0.2) is 24.3 Å². The molecule has 0 radical (unpaired) electrons. The van der Waals surface area contributed by atoms with Crippen molar-refractivity contribution in [3.8, 4) is 0 Å². The summed E-state index contributed by atoms with van der Waals surface area (Å²) < 4.78 is 43.4. The number of para-hydroxylation sites is 1. The quantitative estimate of drug-likeness (QED) is 0.807. The van der Waals surface area contributed by atoms with Gasteiger partial charge in [0.2, 0.25) is 10.0 Å². The lowest BCUT2D eigenvalue weighted by Crippen LogP contribution is -2.42. The molecule has 0 saturated heterocycles. The molecule has 0 amide bonds. The highest BCUT2D eigenvalue weighted by atomic mass is 32.2. The van der Waals surface area contributed by atoms with Gasteiger partial charge in [0.15, 0.2) is 0 Å². The van der Waals surface area contributed by atoms with Gasteiger partial charge in [-0.3, -0.25) is 0 Å². The van der Waals surface area contributed by atoms with E-state index in [-0.39, 0.29) is 16.0 Å². The maximum Gasteiger partial charge on any atom is 0.242 e. The first kappa shape index (κ1) is 18.3. The fourth-order valence-electron chi connectivity index (χ4n) is 3.76. The van der Waals surface area contributed by atoms with Crippen LogP contribution >= 0.6 is 0 Å². The van der Waals surface area contributed by atoms with Crippen LogP contribution in [0.2, 0.25) is 0 Å². The second kappa shape index (κ2) is 6.26. The fraction of sp³-hybridized carbons (Fsp3) is 0.579. The van der Waals surface area contributed by atoms with Crippen LogP contribution in [0, 0.1) is 0 Å². The van der Waals surface area contributed by atoms with Gasteiger partial charge in [-0.25, -0.2) is 12.4 Å². The van der Waals surface area contributed by atoms with E-state index in [2.05, 4.69) is 4.72 Å². The van der Waals surface area contributed by atoms with Crippen molar-refractivity contribution in [2.75, 3.05) is 0 Å². The molecule has 0 spiro atoms. The Morgan fingerprint density at radius 3 is 2.54 bits per heavy atom. The summed E-state index contributed by atoms with van der Waals surface area (Å²) in [5.74, 6) is 0. The van der Waals surface area contributed by atoms with E-state index in [1.165, 1.54) is 0 Å². The molecule has 0 aliphatic heterocycles. The molecule has 1 saturated carbocycles. The van der Waals surface area contributed by atoms with Crippen LogP contribution in [0.25, 0.3) is 10.9 Å². The third kappa shape index (κ3) is 2.99. The maximum atomic E-state index is 13.1. The molecule has 1 fully saturated rings.